The van der Waals surface area contributed by atoms with Crippen molar-refractivity contribution in [2.45, 2.75) is 118 Å². The molecule has 2 aromatic heterocycles. The predicted molar refractivity (Wildman–Crippen MR) is 214 cm³/mol. The van der Waals surface area contributed by atoms with Crippen LogP contribution >= 0.6 is 0 Å². The number of allylic oxidation sites excluding steroid dienone is 1. The number of H-pyrrole nitrogens is 1. The van der Waals surface area contributed by atoms with Gasteiger partial charge in [0.15, 0.2) is 11.6 Å². The Morgan fingerprint density at radius 2 is 1.73 bits per heavy atom. The lowest BCUT2D eigenvalue weighted by Crippen LogP contribution is -2.67. The minimum Gasteiger partial charge on any atom is -0.478 e. The molecule has 0 bridgehead atoms. The van der Waals surface area contributed by atoms with Crippen molar-refractivity contribution in [1.82, 2.24) is 25.5 Å². The summed E-state index contributed by atoms with van der Waals surface area (Å²) in [5.74, 6) is 2.58. The lowest BCUT2D eigenvalue weighted by atomic mass is 9.32. The quantitative estimate of drug-likeness (QED) is 0.169. The molecule has 5 aliphatic rings. The van der Waals surface area contributed by atoms with Gasteiger partial charge in [0.05, 0.1) is 17.1 Å². The number of hydrogen-bond acceptors (Lipinski definition) is 6. The molecule has 0 saturated heterocycles. The third-order valence-corrected chi connectivity index (χ3v) is 17.1. The second kappa shape index (κ2) is 13.4. The molecule has 1 aromatic carbocycles. The predicted octanol–water partition coefficient (Wildman–Crippen LogP) is 8.91. The number of pyridine rings is 1. The van der Waals surface area contributed by atoms with Crippen LogP contribution in [0.1, 0.15) is 122 Å². The Balaban J connectivity index is 0.982. The number of aromatic carboxylic acids is 1. The molecule has 1 amide bonds. The van der Waals surface area contributed by atoms with Crippen LogP contribution in [-0.2, 0) is 11.2 Å². The maximum atomic E-state index is 14.7. The van der Waals surface area contributed by atoms with Crippen LogP contribution in [0.4, 0.5) is 0 Å². The van der Waals surface area contributed by atoms with E-state index in [4.69, 9.17) is 0 Å². The summed E-state index contributed by atoms with van der Waals surface area (Å²) in [4.78, 5) is 34.8. The van der Waals surface area contributed by atoms with Crippen molar-refractivity contribution in [2.75, 3.05) is 6.54 Å². The van der Waals surface area contributed by atoms with Gasteiger partial charge in [0.1, 0.15) is 5.69 Å². The number of aliphatic hydroxyl groups is 1. The van der Waals surface area contributed by atoms with Gasteiger partial charge >= 0.3 is 5.97 Å². The highest BCUT2D eigenvalue weighted by molar-refractivity contribution is 5.87. The molecular formula is C46H61N5O4. The number of carbonyl (C=O) groups is 2. The van der Waals surface area contributed by atoms with E-state index in [1.54, 1.807) is 6.07 Å². The molecule has 0 spiro atoms. The van der Waals surface area contributed by atoms with Crippen molar-refractivity contribution in [3.63, 3.8) is 0 Å². The molecule has 5 aliphatic carbocycles. The molecular weight excluding hydrogens is 687 g/mol. The summed E-state index contributed by atoms with van der Waals surface area (Å²) in [6.07, 6.45) is 12.7. The number of aliphatic hydroxyl groups excluding tert-OH is 1. The van der Waals surface area contributed by atoms with Crippen LogP contribution in [-0.4, -0.2) is 54.9 Å². The first-order valence-electron chi connectivity index (χ1n) is 20.9. The zero-order valence-corrected chi connectivity index (χ0v) is 33.8. The molecule has 55 heavy (non-hydrogen) atoms. The number of carboxylic acid groups (broad SMARTS) is 1. The highest BCUT2D eigenvalue weighted by Gasteiger charge is 2.71. The molecule has 0 radical (unpaired) electrons. The SMILES string of the molecule is C=C(C)C1CC[C@]2(C(=O)NCCc3cccc(-c4n[nH]c(-c5ccc(C(=O)O)cn5)n4)c3)CC[C@]3(C)C(CCC4[C@@]5(C)CC[C@H](O)C(C)(C)C5CC[C@]43C)C12. The number of aromatic amines is 1. The van der Waals surface area contributed by atoms with E-state index in [1.807, 2.05) is 12.1 Å². The fourth-order valence-electron chi connectivity index (χ4n) is 14.1. The zero-order chi connectivity index (χ0) is 39.1. The Hall–Kier alpha value is -3.85. The normalized spacial score (nSPS) is 37.5. The van der Waals surface area contributed by atoms with E-state index in [1.165, 1.54) is 43.5 Å². The molecule has 294 valence electrons. The number of nitrogens with zero attached hydrogens (tertiary/aromatic N) is 3. The van der Waals surface area contributed by atoms with Crippen LogP contribution in [0.5, 0.6) is 0 Å². The summed E-state index contributed by atoms with van der Waals surface area (Å²) in [5, 5.41) is 31.1. The second-order valence-electron chi connectivity index (χ2n) is 19.7. The van der Waals surface area contributed by atoms with Crippen molar-refractivity contribution in [3.8, 4) is 22.9 Å². The largest absolute Gasteiger partial charge is 0.478 e. The Bertz CT molecular complexity index is 1990. The van der Waals surface area contributed by atoms with E-state index in [9.17, 15) is 19.8 Å². The molecule has 5 saturated carbocycles. The molecule has 0 aliphatic heterocycles. The van der Waals surface area contributed by atoms with Gasteiger partial charge in [0, 0.05) is 18.3 Å². The smallest absolute Gasteiger partial charge is 0.337 e. The topological polar surface area (TPSA) is 141 Å². The standard InChI is InChI=1S/C46H61N5O4/c1-27(2)31-15-21-46(23-22-44(6)32(37(31)46)12-14-35-43(5)19-17-36(52)42(3,4)34(43)16-20-45(35,44)7)41(55)47-24-18-28-9-8-10-29(25-28)38-49-39(51-50-38)33-13-11-30(26-48-33)40(53)54/h8-11,13,25-26,31-32,34-37,52H,1,12,14-24H2,2-7H3,(H,47,55)(H,53,54)(H,49,50,51)/t31?,32?,34?,35?,36-,37?,43-,44+,45+,46-/m0/s1. The molecule has 3 aromatic rings. The minimum atomic E-state index is -1.03. The molecule has 4 N–H and O–H groups in total. The lowest BCUT2D eigenvalue weighted by molar-refractivity contribution is -0.246. The Morgan fingerprint density at radius 3 is 2.45 bits per heavy atom. The minimum absolute atomic E-state index is 0.0554. The van der Waals surface area contributed by atoms with Gasteiger partial charge < -0.3 is 15.5 Å². The molecule has 5 fully saturated rings. The summed E-state index contributed by atoms with van der Waals surface area (Å²) in [6.45, 7) is 19.8. The summed E-state index contributed by atoms with van der Waals surface area (Å²) >= 11 is 0. The number of carboxylic acids is 1. The third-order valence-electron chi connectivity index (χ3n) is 17.1. The lowest BCUT2D eigenvalue weighted by Gasteiger charge is -2.72. The number of fused-ring (bicyclic) bond motifs is 7. The fraction of sp³-hybridized carbons (Fsp3) is 0.630. The highest BCUT2D eigenvalue weighted by Crippen LogP contribution is 2.77. The number of amides is 1. The van der Waals surface area contributed by atoms with Gasteiger partial charge in [-0.15, -0.1) is 0 Å². The van der Waals surface area contributed by atoms with Crippen LogP contribution in [0.3, 0.4) is 0 Å². The van der Waals surface area contributed by atoms with Crippen LogP contribution in [0.2, 0.25) is 0 Å². The van der Waals surface area contributed by atoms with Crippen LogP contribution < -0.4 is 5.32 Å². The highest BCUT2D eigenvalue weighted by atomic mass is 16.4. The molecule has 9 nitrogen and oxygen atoms in total. The third kappa shape index (κ3) is 5.75. The number of benzene rings is 1. The van der Waals surface area contributed by atoms with E-state index in [2.05, 4.69) is 85.7 Å². The van der Waals surface area contributed by atoms with E-state index >= 15 is 0 Å². The first kappa shape index (κ1) is 38.0. The molecule has 8 rings (SSSR count). The molecule has 2 heterocycles. The molecule has 10 atom stereocenters. The number of nitrogens with one attached hydrogen (secondary N) is 2. The average molecular weight is 748 g/mol. The average Bonchev–Trinajstić information content (AvgIpc) is 3.81. The summed E-state index contributed by atoms with van der Waals surface area (Å²) in [5.41, 5.74) is 4.02. The van der Waals surface area contributed by atoms with Crippen molar-refractivity contribution >= 4 is 11.9 Å². The van der Waals surface area contributed by atoms with Crippen molar-refractivity contribution in [1.29, 1.82) is 0 Å². The summed E-state index contributed by atoms with van der Waals surface area (Å²) < 4.78 is 0. The van der Waals surface area contributed by atoms with Crippen molar-refractivity contribution in [2.24, 2.45) is 56.7 Å². The maximum Gasteiger partial charge on any atom is 0.337 e. The van der Waals surface area contributed by atoms with Gasteiger partial charge in [0.25, 0.3) is 0 Å². The number of aromatic nitrogens is 4. The monoisotopic (exact) mass is 747 g/mol. The van der Waals surface area contributed by atoms with Crippen molar-refractivity contribution in [3.05, 3.63) is 65.9 Å². The van der Waals surface area contributed by atoms with Crippen LogP contribution in [0.15, 0.2) is 54.7 Å². The van der Waals surface area contributed by atoms with Crippen molar-refractivity contribution < 1.29 is 19.8 Å². The van der Waals surface area contributed by atoms with Gasteiger partial charge in [-0.05, 0) is 153 Å². The van der Waals surface area contributed by atoms with E-state index in [-0.39, 0.29) is 44.6 Å². The summed E-state index contributed by atoms with van der Waals surface area (Å²) in [7, 11) is 0. The first-order chi connectivity index (χ1) is 26.0. The maximum absolute atomic E-state index is 14.7. The van der Waals surface area contributed by atoms with E-state index < -0.39 is 5.97 Å². The fourth-order valence-corrected chi connectivity index (χ4v) is 14.1. The number of hydrogen-bond donors (Lipinski definition) is 4. The number of carbonyl (C=O) groups excluding carboxylic acids is 1. The Morgan fingerprint density at radius 1 is 0.927 bits per heavy atom. The van der Waals surface area contributed by atoms with Gasteiger partial charge in [-0.2, -0.15) is 5.10 Å². The zero-order valence-electron chi connectivity index (χ0n) is 33.8. The number of rotatable bonds is 8. The molecule has 5 unspecified atom stereocenters. The second-order valence-corrected chi connectivity index (χ2v) is 19.7. The van der Waals surface area contributed by atoms with Gasteiger partial charge in [-0.1, -0.05) is 65.0 Å². The Kier molecular flexibility index (Phi) is 9.26. The first-order valence-corrected chi connectivity index (χ1v) is 20.9. The Labute approximate surface area is 326 Å². The van der Waals surface area contributed by atoms with E-state index in [0.717, 1.165) is 49.7 Å². The van der Waals surface area contributed by atoms with Gasteiger partial charge in [0.2, 0.25) is 5.91 Å². The van der Waals surface area contributed by atoms with Gasteiger partial charge in [-0.25, -0.2) is 9.78 Å². The van der Waals surface area contributed by atoms with Gasteiger partial charge in [-0.3, -0.25) is 14.9 Å². The van der Waals surface area contributed by atoms with Crippen LogP contribution in [0, 0.1) is 56.7 Å². The van der Waals surface area contributed by atoms with Crippen LogP contribution in [0.25, 0.3) is 22.9 Å². The molecule has 9 heteroatoms. The summed E-state index contributed by atoms with van der Waals surface area (Å²) in [6, 6.07) is 11.2. The van der Waals surface area contributed by atoms with E-state index in [0.29, 0.717) is 59.9 Å².